The first-order chi connectivity index (χ1) is 12.9. The number of halogens is 3. The Labute approximate surface area is 158 Å². The first kappa shape index (κ1) is 17.7. The summed E-state index contributed by atoms with van der Waals surface area (Å²) < 4.78 is 32.3. The largest absolute Gasteiger partial charge is 0.420 e. The van der Waals surface area contributed by atoms with Crippen LogP contribution in [0.1, 0.15) is 22.3 Å². The predicted molar refractivity (Wildman–Crippen MR) is 98.0 cm³/mol. The van der Waals surface area contributed by atoms with Gasteiger partial charge in [-0.2, -0.15) is 9.37 Å². The molecule has 2 aromatic carbocycles. The van der Waals surface area contributed by atoms with Gasteiger partial charge < -0.3 is 14.6 Å². The van der Waals surface area contributed by atoms with Crippen LogP contribution >= 0.6 is 11.6 Å². The number of carbonyl (C=O) groups is 1. The lowest BCUT2D eigenvalue weighted by Crippen LogP contribution is -2.31. The fourth-order valence-corrected chi connectivity index (χ4v) is 3.41. The highest BCUT2D eigenvalue weighted by Gasteiger charge is 2.29. The minimum atomic E-state index is -1.06. The zero-order chi connectivity index (χ0) is 19.1. The molecule has 0 saturated carbocycles. The summed E-state index contributed by atoms with van der Waals surface area (Å²) in [6.07, 6.45) is 0.671. The second-order valence-electron chi connectivity index (χ2n) is 6.59. The molecule has 0 bridgehead atoms. The number of oxazole rings is 1. The quantitative estimate of drug-likeness (QED) is 0.719. The molecule has 1 aliphatic rings. The summed E-state index contributed by atoms with van der Waals surface area (Å²) in [5, 5.41) is 3.46. The number of nitrogens with zero attached hydrogens (tertiary/aromatic N) is 2. The zero-order valence-electron chi connectivity index (χ0n) is 14.4. The number of likely N-dealkylation sites (tertiary alicyclic amines) is 1. The molecule has 5 nitrogen and oxygen atoms in total. The highest BCUT2D eigenvalue weighted by Crippen LogP contribution is 2.26. The molecule has 1 aliphatic heterocycles. The maximum atomic E-state index is 13.7. The van der Waals surface area contributed by atoms with E-state index < -0.39 is 11.6 Å². The molecule has 27 heavy (non-hydrogen) atoms. The van der Waals surface area contributed by atoms with Crippen LogP contribution in [0.3, 0.4) is 0 Å². The van der Waals surface area contributed by atoms with Crippen LogP contribution in [0, 0.1) is 18.6 Å². The van der Waals surface area contributed by atoms with E-state index in [1.165, 1.54) is 6.07 Å². The minimum absolute atomic E-state index is 0.0994. The molecule has 1 unspecified atom stereocenters. The SMILES string of the molecule is Cc1ccc(Cl)c(C(=O)N2CCC(Nc3nc4ccc(F)c(F)c4o3)C2)c1. The Morgan fingerprint density at radius 1 is 1.33 bits per heavy atom. The molecule has 0 aliphatic carbocycles. The Hall–Kier alpha value is -2.67. The van der Waals surface area contributed by atoms with E-state index in [0.717, 1.165) is 11.6 Å². The van der Waals surface area contributed by atoms with E-state index in [1.807, 2.05) is 13.0 Å². The number of carbonyl (C=O) groups excluding carboxylic acids is 1. The van der Waals surface area contributed by atoms with Crippen molar-refractivity contribution in [3.63, 3.8) is 0 Å². The monoisotopic (exact) mass is 391 g/mol. The van der Waals surface area contributed by atoms with E-state index in [0.29, 0.717) is 30.1 Å². The number of hydrogen-bond acceptors (Lipinski definition) is 4. The van der Waals surface area contributed by atoms with Gasteiger partial charge in [-0.05, 0) is 37.6 Å². The molecule has 0 spiro atoms. The standard InChI is InChI=1S/C19H16ClF2N3O2/c1-10-2-3-13(20)12(8-10)18(26)25-7-6-11(9-25)23-19-24-15-5-4-14(21)16(22)17(15)27-19/h2-5,8,11H,6-7,9H2,1H3,(H,23,24). The maximum absolute atomic E-state index is 13.7. The van der Waals surface area contributed by atoms with Gasteiger partial charge in [-0.3, -0.25) is 4.79 Å². The number of aryl methyl sites for hydroxylation is 1. The average Bonchev–Trinajstić information content (AvgIpc) is 3.27. The van der Waals surface area contributed by atoms with Gasteiger partial charge in [0.1, 0.15) is 5.52 Å². The van der Waals surface area contributed by atoms with Crippen molar-refractivity contribution in [2.75, 3.05) is 18.4 Å². The zero-order valence-corrected chi connectivity index (χ0v) is 15.2. The van der Waals surface area contributed by atoms with Crippen molar-refractivity contribution < 1.29 is 18.0 Å². The van der Waals surface area contributed by atoms with Gasteiger partial charge in [0.2, 0.25) is 5.82 Å². The molecule has 140 valence electrons. The van der Waals surface area contributed by atoms with Crippen LogP contribution in [0.25, 0.3) is 11.1 Å². The summed E-state index contributed by atoms with van der Waals surface area (Å²) in [4.78, 5) is 18.5. The van der Waals surface area contributed by atoms with Gasteiger partial charge in [-0.1, -0.05) is 23.2 Å². The van der Waals surface area contributed by atoms with Crippen LogP contribution < -0.4 is 5.32 Å². The second kappa shape index (κ2) is 6.81. The fraction of sp³-hybridized carbons (Fsp3) is 0.263. The molecule has 1 amide bonds. The topological polar surface area (TPSA) is 58.4 Å². The van der Waals surface area contributed by atoms with E-state index >= 15 is 0 Å². The number of anilines is 1. The third-order valence-electron chi connectivity index (χ3n) is 4.61. The highest BCUT2D eigenvalue weighted by atomic mass is 35.5. The number of hydrogen-bond donors (Lipinski definition) is 1. The molecule has 3 aromatic rings. The highest BCUT2D eigenvalue weighted by molar-refractivity contribution is 6.33. The van der Waals surface area contributed by atoms with Crippen molar-refractivity contribution in [1.82, 2.24) is 9.88 Å². The Kier molecular flexibility index (Phi) is 4.47. The van der Waals surface area contributed by atoms with Crippen molar-refractivity contribution in [3.05, 3.63) is 58.1 Å². The van der Waals surface area contributed by atoms with Crippen LogP contribution in [0.15, 0.2) is 34.7 Å². The molecule has 1 atom stereocenters. The van der Waals surface area contributed by atoms with Gasteiger partial charge in [-0.15, -0.1) is 0 Å². The number of fused-ring (bicyclic) bond motifs is 1. The number of benzene rings is 2. The summed E-state index contributed by atoms with van der Waals surface area (Å²) in [5.41, 5.74) is 1.43. The number of rotatable bonds is 3. The average molecular weight is 392 g/mol. The summed E-state index contributed by atoms with van der Waals surface area (Å²) in [7, 11) is 0. The number of nitrogens with one attached hydrogen (secondary N) is 1. The predicted octanol–water partition coefficient (Wildman–Crippen LogP) is 4.39. The van der Waals surface area contributed by atoms with Crippen molar-refractivity contribution in [2.24, 2.45) is 0 Å². The van der Waals surface area contributed by atoms with Gasteiger partial charge in [0.05, 0.1) is 10.6 Å². The molecule has 0 radical (unpaired) electrons. The van der Waals surface area contributed by atoms with Crippen LogP contribution in [0.4, 0.5) is 14.8 Å². The van der Waals surface area contributed by atoms with Crippen molar-refractivity contribution in [2.45, 2.75) is 19.4 Å². The van der Waals surface area contributed by atoms with Gasteiger partial charge in [0, 0.05) is 19.1 Å². The lowest BCUT2D eigenvalue weighted by atomic mass is 10.1. The minimum Gasteiger partial charge on any atom is -0.420 e. The molecular weight excluding hydrogens is 376 g/mol. The third-order valence-corrected chi connectivity index (χ3v) is 4.93. The molecule has 4 rings (SSSR count). The first-order valence-corrected chi connectivity index (χ1v) is 8.86. The van der Waals surface area contributed by atoms with E-state index in [2.05, 4.69) is 10.3 Å². The van der Waals surface area contributed by atoms with E-state index in [9.17, 15) is 13.6 Å². The lowest BCUT2D eigenvalue weighted by molar-refractivity contribution is 0.0791. The fourth-order valence-electron chi connectivity index (χ4n) is 3.21. The Balaban J connectivity index is 1.48. The molecule has 1 saturated heterocycles. The normalized spacial score (nSPS) is 16.9. The van der Waals surface area contributed by atoms with Crippen LogP contribution in [-0.4, -0.2) is 34.9 Å². The maximum Gasteiger partial charge on any atom is 0.296 e. The lowest BCUT2D eigenvalue weighted by Gasteiger charge is -2.17. The summed E-state index contributed by atoms with van der Waals surface area (Å²) in [6.45, 7) is 2.87. The molecular formula is C19H16ClF2N3O2. The van der Waals surface area contributed by atoms with E-state index in [-0.39, 0.29) is 29.1 Å². The molecule has 8 heteroatoms. The molecule has 1 aromatic heterocycles. The second-order valence-corrected chi connectivity index (χ2v) is 7.00. The molecule has 2 heterocycles. The van der Waals surface area contributed by atoms with Crippen LogP contribution in [-0.2, 0) is 0 Å². The van der Waals surface area contributed by atoms with Crippen LogP contribution in [0.5, 0.6) is 0 Å². The summed E-state index contributed by atoms with van der Waals surface area (Å²) in [5.74, 6) is -2.19. The van der Waals surface area contributed by atoms with E-state index in [1.54, 1.807) is 17.0 Å². The first-order valence-electron chi connectivity index (χ1n) is 8.49. The Morgan fingerprint density at radius 3 is 2.96 bits per heavy atom. The van der Waals surface area contributed by atoms with Gasteiger partial charge in [-0.25, -0.2) is 4.39 Å². The van der Waals surface area contributed by atoms with Gasteiger partial charge in [0.15, 0.2) is 11.4 Å². The summed E-state index contributed by atoms with van der Waals surface area (Å²) >= 11 is 6.15. The number of amides is 1. The number of aromatic nitrogens is 1. The van der Waals surface area contributed by atoms with Crippen molar-refractivity contribution in [3.8, 4) is 0 Å². The van der Waals surface area contributed by atoms with Crippen molar-refractivity contribution in [1.29, 1.82) is 0 Å². The summed E-state index contributed by atoms with van der Waals surface area (Å²) in [6, 6.07) is 7.67. The van der Waals surface area contributed by atoms with Crippen molar-refractivity contribution >= 4 is 34.6 Å². The van der Waals surface area contributed by atoms with Crippen LogP contribution in [0.2, 0.25) is 5.02 Å². The Bertz CT molecular complexity index is 1040. The smallest absolute Gasteiger partial charge is 0.296 e. The van der Waals surface area contributed by atoms with E-state index in [4.69, 9.17) is 16.0 Å². The Morgan fingerprint density at radius 2 is 2.15 bits per heavy atom. The molecule has 1 N–H and O–H groups in total. The molecule has 1 fully saturated rings. The third kappa shape index (κ3) is 3.35. The van der Waals surface area contributed by atoms with Gasteiger partial charge in [0.25, 0.3) is 11.9 Å². The van der Waals surface area contributed by atoms with Gasteiger partial charge >= 0.3 is 0 Å².